The van der Waals surface area contributed by atoms with Crippen molar-refractivity contribution in [1.82, 2.24) is 4.98 Å². The van der Waals surface area contributed by atoms with Gasteiger partial charge in [-0.05, 0) is 25.0 Å². The molecule has 4 nitrogen and oxygen atoms in total. The molecule has 1 aromatic carbocycles. The lowest BCUT2D eigenvalue weighted by Gasteiger charge is -2.32. The van der Waals surface area contributed by atoms with E-state index >= 15 is 0 Å². The number of halogens is 3. The van der Waals surface area contributed by atoms with Gasteiger partial charge in [0.05, 0.1) is 12.6 Å². The van der Waals surface area contributed by atoms with E-state index in [-0.39, 0.29) is 11.8 Å². The summed E-state index contributed by atoms with van der Waals surface area (Å²) in [5, 5.41) is 12.5. The number of hydrogen-bond donors (Lipinski definition) is 2. The fourth-order valence-corrected chi connectivity index (χ4v) is 3.53. The molecule has 3 rings (SSSR count). The molecule has 0 saturated carbocycles. The Balaban J connectivity index is 1.72. The average Bonchev–Trinajstić information content (AvgIpc) is 2.92. The zero-order valence-electron chi connectivity index (χ0n) is 12.2. The molecule has 124 valence electrons. The lowest BCUT2D eigenvalue weighted by atomic mass is 10.1. The molecule has 0 unspecified atom stereocenters. The lowest BCUT2D eigenvalue weighted by Crippen LogP contribution is -2.36. The van der Waals surface area contributed by atoms with Crippen LogP contribution in [-0.2, 0) is 6.54 Å². The van der Waals surface area contributed by atoms with Gasteiger partial charge >= 0.3 is 0 Å². The van der Waals surface area contributed by atoms with Gasteiger partial charge in [-0.15, -0.1) is 11.3 Å². The molecule has 1 saturated heterocycles. The highest BCUT2D eigenvalue weighted by Crippen LogP contribution is 2.30. The smallest absolute Gasteiger partial charge is 0.183 e. The van der Waals surface area contributed by atoms with E-state index in [2.05, 4.69) is 10.3 Å². The summed E-state index contributed by atoms with van der Waals surface area (Å²) in [7, 11) is 0. The van der Waals surface area contributed by atoms with Gasteiger partial charge in [0, 0.05) is 29.9 Å². The number of nitrogens with one attached hydrogen (secondary N) is 1. The summed E-state index contributed by atoms with van der Waals surface area (Å²) in [5.41, 5.74) is 0.341. The summed E-state index contributed by atoms with van der Waals surface area (Å²) in [6, 6.07) is 2.57. The SMILES string of the molecule is OC1CCN(c2c(F)cc(NCc3cnc(Cl)s3)cc2F)CC1. The first-order valence-electron chi connectivity index (χ1n) is 7.29. The minimum Gasteiger partial charge on any atom is -0.393 e. The van der Waals surface area contributed by atoms with Crippen LogP contribution in [0.2, 0.25) is 4.47 Å². The number of aromatic nitrogens is 1. The molecule has 0 amide bonds. The highest BCUT2D eigenvalue weighted by Gasteiger charge is 2.23. The van der Waals surface area contributed by atoms with Gasteiger partial charge in [0.15, 0.2) is 16.1 Å². The number of anilines is 2. The van der Waals surface area contributed by atoms with Crippen molar-refractivity contribution in [1.29, 1.82) is 0 Å². The van der Waals surface area contributed by atoms with Crippen molar-refractivity contribution < 1.29 is 13.9 Å². The van der Waals surface area contributed by atoms with Gasteiger partial charge in [0.25, 0.3) is 0 Å². The molecule has 0 bridgehead atoms. The largest absolute Gasteiger partial charge is 0.393 e. The molecule has 2 N–H and O–H groups in total. The first-order chi connectivity index (χ1) is 11.0. The summed E-state index contributed by atoms with van der Waals surface area (Å²) in [4.78, 5) is 6.44. The Hall–Kier alpha value is -1.44. The van der Waals surface area contributed by atoms with E-state index in [1.807, 2.05) is 0 Å². The number of hydrogen-bond acceptors (Lipinski definition) is 5. The van der Waals surface area contributed by atoms with Gasteiger partial charge in [0.1, 0.15) is 5.69 Å². The number of aliphatic hydroxyl groups is 1. The molecule has 0 atom stereocenters. The van der Waals surface area contributed by atoms with Crippen LogP contribution in [0.3, 0.4) is 0 Å². The lowest BCUT2D eigenvalue weighted by molar-refractivity contribution is 0.145. The zero-order valence-corrected chi connectivity index (χ0v) is 13.8. The molecular weight excluding hydrogens is 344 g/mol. The summed E-state index contributed by atoms with van der Waals surface area (Å²) < 4.78 is 29.0. The molecule has 23 heavy (non-hydrogen) atoms. The normalized spacial score (nSPS) is 15.9. The minimum atomic E-state index is -0.605. The Bertz CT molecular complexity index is 666. The number of thiazole rings is 1. The van der Waals surface area contributed by atoms with E-state index in [0.29, 0.717) is 42.6 Å². The molecule has 2 aromatic rings. The topological polar surface area (TPSA) is 48.4 Å². The third-order valence-corrected chi connectivity index (χ3v) is 4.90. The molecular formula is C15H16ClF2N3OS. The Morgan fingerprint density at radius 3 is 2.52 bits per heavy atom. The first-order valence-corrected chi connectivity index (χ1v) is 8.48. The van der Waals surface area contributed by atoms with Crippen LogP contribution in [0.5, 0.6) is 0 Å². The predicted octanol–water partition coefficient (Wildman–Crippen LogP) is 3.65. The Labute approximate surface area is 141 Å². The molecule has 0 aliphatic carbocycles. The fourth-order valence-electron chi connectivity index (χ4n) is 2.61. The van der Waals surface area contributed by atoms with Crippen LogP contribution in [0.15, 0.2) is 18.3 Å². The average molecular weight is 360 g/mol. The third kappa shape index (κ3) is 3.91. The Morgan fingerprint density at radius 2 is 1.96 bits per heavy atom. The van der Waals surface area contributed by atoms with Crippen LogP contribution in [0.4, 0.5) is 20.2 Å². The molecule has 0 spiro atoms. The van der Waals surface area contributed by atoms with Crippen molar-refractivity contribution in [2.24, 2.45) is 0 Å². The maximum atomic E-state index is 14.3. The van der Waals surface area contributed by atoms with Crippen LogP contribution in [0.25, 0.3) is 0 Å². The Kier molecular flexibility index (Phi) is 4.99. The van der Waals surface area contributed by atoms with Gasteiger partial charge in [-0.25, -0.2) is 13.8 Å². The Morgan fingerprint density at radius 1 is 1.30 bits per heavy atom. The van der Waals surface area contributed by atoms with Gasteiger partial charge in [0.2, 0.25) is 0 Å². The second kappa shape index (κ2) is 6.98. The number of piperidine rings is 1. The van der Waals surface area contributed by atoms with E-state index < -0.39 is 11.6 Å². The van der Waals surface area contributed by atoms with Crippen molar-refractivity contribution in [2.75, 3.05) is 23.3 Å². The molecule has 1 aromatic heterocycles. The molecule has 8 heteroatoms. The van der Waals surface area contributed by atoms with Crippen LogP contribution >= 0.6 is 22.9 Å². The van der Waals surface area contributed by atoms with Crippen LogP contribution in [0, 0.1) is 11.6 Å². The standard InChI is InChI=1S/C15H16ClF2N3OS/c16-15-20-8-11(23-15)7-19-9-5-12(17)14(13(18)6-9)21-3-1-10(22)2-4-21/h5-6,8,10,19,22H,1-4,7H2. The molecule has 1 aliphatic heterocycles. The maximum absolute atomic E-state index is 14.3. The molecule has 2 heterocycles. The summed E-state index contributed by atoms with van der Waals surface area (Å²) in [6.45, 7) is 1.29. The summed E-state index contributed by atoms with van der Waals surface area (Å²) >= 11 is 7.06. The van der Waals surface area contributed by atoms with E-state index in [1.54, 1.807) is 11.1 Å². The molecule has 1 fully saturated rings. The number of rotatable bonds is 4. The minimum absolute atomic E-state index is 0.0247. The number of aliphatic hydroxyl groups excluding tert-OH is 1. The van der Waals surface area contributed by atoms with Crippen molar-refractivity contribution in [3.63, 3.8) is 0 Å². The van der Waals surface area contributed by atoms with Crippen molar-refractivity contribution in [3.05, 3.63) is 39.3 Å². The van der Waals surface area contributed by atoms with Crippen molar-refractivity contribution in [2.45, 2.75) is 25.5 Å². The maximum Gasteiger partial charge on any atom is 0.183 e. The highest BCUT2D eigenvalue weighted by molar-refractivity contribution is 7.15. The number of nitrogens with zero attached hydrogens (tertiary/aromatic N) is 2. The van der Waals surface area contributed by atoms with E-state index in [9.17, 15) is 13.9 Å². The summed E-state index contributed by atoms with van der Waals surface area (Å²) in [5.74, 6) is -1.21. The first kappa shape index (κ1) is 16.4. The second-order valence-electron chi connectivity index (χ2n) is 5.44. The van der Waals surface area contributed by atoms with Crippen LogP contribution in [-0.4, -0.2) is 29.3 Å². The fraction of sp³-hybridized carbons (Fsp3) is 0.400. The van der Waals surface area contributed by atoms with Gasteiger partial charge in [-0.1, -0.05) is 11.6 Å². The molecule has 0 radical (unpaired) electrons. The van der Waals surface area contributed by atoms with Gasteiger partial charge in [-0.2, -0.15) is 0 Å². The van der Waals surface area contributed by atoms with Gasteiger partial charge < -0.3 is 15.3 Å². The van der Waals surface area contributed by atoms with Gasteiger partial charge in [-0.3, -0.25) is 0 Å². The van der Waals surface area contributed by atoms with Crippen molar-refractivity contribution in [3.8, 4) is 0 Å². The number of benzene rings is 1. The second-order valence-corrected chi connectivity index (χ2v) is 7.14. The van der Waals surface area contributed by atoms with Crippen LogP contribution < -0.4 is 10.2 Å². The third-order valence-electron chi connectivity index (χ3n) is 3.79. The predicted molar refractivity (Wildman–Crippen MR) is 88.3 cm³/mol. The summed E-state index contributed by atoms with van der Waals surface area (Å²) in [6.07, 6.45) is 2.28. The monoisotopic (exact) mass is 359 g/mol. The van der Waals surface area contributed by atoms with Crippen molar-refractivity contribution >= 4 is 34.3 Å². The molecule has 1 aliphatic rings. The van der Waals surface area contributed by atoms with E-state index in [0.717, 1.165) is 4.88 Å². The highest BCUT2D eigenvalue weighted by atomic mass is 35.5. The van der Waals surface area contributed by atoms with E-state index in [1.165, 1.54) is 23.5 Å². The zero-order chi connectivity index (χ0) is 16.4. The quantitative estimate of drug-likeness (QED) is 0.874. The van der Waals surface area contributed by atoms with Crippen LogP contribution in [0.1, 0.15) is 17.7 Å². The van der Waals surface area contributed by atoms with E-state index in [4.69, 9.17) is 11.6 Å².